The fourth-order valence-corrected chi connectivity index (χ4v) is 3.19. The Hall–Kier alpha value is -1.26. The SMILES string of the molecule is CC1(C)O[C@@H]2[C@H](O1)[C@H]1OC(C)(C)OC1(C(N)=O)O[C@@H]2C(=O)O. The molecule has 0 radical (unpaired) electrons. The van der Waals surface area contributed by atoms with E-state index < -0.39 is 53.7 Å². The Morgan fingerprint density at radius 3 is 2.09 bits per heavy atom. The van der Waals surface area contributed by atoms with Crippen molar-refractivity contribution >= 4 is 11.9 Å². The second kappa shape index (κ2) is 4.39. The standard InChI is InChI=1S/C13H19NO8/c1-11(2)18-5-6(19-11)8-13(10(14)17,20-7(5)9(15)16)22-12(3,4)21-8/h5-8H,1-4H3,(H2,14,17)(H,15,16)/t5-,6+,7+,8-,13?/m1/s1. The number of aliphatic carboxylic acids is 1. The number of ether oxygens (including phenoxy) is 5. The smallest absolute Gasteiger partial charge is 0.335 e. The number of carboxylic acid groups (broad SMARTS) is 1. The molecule has 3 N–H and O–H groups in total. The van der Waals surface area contributed by atoms with Gasteiger partial charge in [0.05, 0.1) is 0 Å². The average molecular weight is 317 g/mol. The second-order valence-corrected chi connectivity index (χ2v) is 6.51. The zero-order valence-electron chi connectivity index (χ0n) is 12.7. The Morgan fingerprint density at radius 1 is 0.955 bits per heavy atom. The Balaban J connectivity index is 2.07. The van der Waals surface area contributed by atoms with Crippen LogP contribution in [0.15, 0.2) is 0 Å². The molecule has 3 fully saturated rings. The number of primary amides is 1. The minimum absolute atomic E-state index is 0.862. The summed E-state index contributed by atoms with van der Waals surface area (Å²) in [5.41, 5.74) is 5.42. The molecule has 0 aromatic carbocycles. The van der Waals surface area contributed by atoms with Crippen molar-refractivity contribution in [3.05, 3.63) is 0 Å². The van der Waals surface area contributed by atoms with Crippen molar-refractivity contribution in [2.45, 2.75) is 69.5 Å². The number of carboxylic acids is 1. The lowest BCUT2D eigenvalue weighted by Crippen LogP contribution is -2.68. The quantitative estimate of drug-likeness (QED) is 0.686. The number of hydrogen-bond acceptors (Lipinski definition) is 7. The molecule has 3 saturated heterocycles. The van der Waals surface area contributed by atoms with Crippen molar-refractivity contribution in [3.8, 4) is 0 Å². The van der Waals surface area contributed by atoms with Gasteiger partial charge in [-0.05, 0) is 27.7 Å². The molecule has 0 saturated carbocycles. The van der Waals surface area contributed by atoms with Gasteiger partial charge in [0.15, 0.2) is 23.8 Å². The van der Waals surface area contributed by atoms with Gasteiger partial charge < -0.3 is 34.5 Å². The minimum atomic E-state index is -2.03. The van der Waals surface area contributed by atoms with Gasteiger partial charge in [-0.15, -0.1) is 0 Å². The highest BCUT2D eigenvalue weighted by atomic mass is 16.9. The topological polar surface area (TPSA) is 127 Å². The van der Waals surface area contributed by atoms with Crippen LogP contribution in [0.3, 0.4) is 0 Å². The predicted molar refractivity (Wildman–Crippen MR) is 68.3 cm³/mol. The van der Waals surface area contributed by atoms with Crippen molar-refractivity contribution in [2.75, 3.05) is 0 Å². The maximum Gasteiger partial charge on any atom is 0.335 e. The molecule has 3 aliphatic rings. The third kappa shape index (κ3) is 2.12. The molecule has 9 nitrogen and oxygen atoms in total. The third-order valence-electron chi connectivity index (χ3n) is 3.83. The zero-order valence-corrected chi connectivity index (χ0v) is 12.7. The van der Waals surface area contributed by atoms with Gasteiger partial charge >= 0.3 is 5.97 Å². The van der Waals surface area contributed by atoms with Gasteiger partial charge in [-0.2, -0.15) is 0 Å². The van der Waals surface area contributed by atoms with Crippen LogP contribution < -0.4 is 5.73 Å². The molecule has 9 heteroatoms. The molecule has 0 aromatic rings. The van der Waals surface area contributed by atoms with Gasteiger partial charge in [0.25, 0.3) is 11.7 Å². The number of amides is 1. The van der Waals surface area contributed by atoms with Crippen LogP contribution in [0, 0.1) is 0 Å². The number of carbonyl (C=O) groups excluding carboxylic acids is 1. The van der Waals surface area contributed by atoms with Crippen molar-refractivity contribution < 1.29 is 38.4 Å². The first kappa shape index (κ1) is 15.6. The summed E-state index contributed by atoms with van der Waals surface area (Å²) in [6, 6.07) is 0. The number of fused-ring (bicyclic) bond motifs is 3. The van der Waals surface area contributed by atoms with Crippen LogP contribution in [0.2, 0.25) is 0 Å². The lowest BCUT2D eigenvalue weighted by atomic mass is 9.92. The largest absolute Gasteiger partial charge is 0.479 e. The van der Waals surface area contributed by atoms with Crippen molar-refractivity contribution in [1.82, 2.24) is 0 Å². The molecule has 0 bridgehead atoms. The first-order chi connectivity index (χ1) is 9.97. The van der Waals surface area contributed by atoms with Crippen molar-refractivity contribution in [3.63, 3.8) is 0 Å². The summed E-state index contributed by atoms with van der Waals surface area (Å²) in [7, 11) is 0. The van der Waals surface area contributed by atoms with Crippen molar-refractivity contribution in [2.24, 2.45) is 5.73 Å². The van der Waals surface area contributed by atoms with Crippen LogP contribution >= 0.6 is 0 Å². The predicted octanol–water partition coefficient (Wildman–Crippen LogP) is -0.677. The number of carbonyl (C=O) groups is 2. The van der Waals surface area contributed by atoms with E-state index in [4.69, 9.17) is 29.4 Å². The Morgan fingerprint density at radius 2 is 1.55 bits per heavy atom. The second-order valence-electron chi connectivity index (χ2n) is 6.51. The van der Waals surface area contributed by atoms with Crippen LogP contribution in [-0.2, 0) is 33.3 Å². The first-order valence-electron chi connectivity index (χ1n) is 6.92. The molecule has 124 valence electrons. The normalized spacial score (nSPS) is 45.1. The van der Waals surface area contributed by atoms with Gasteiger partial charge in [0.2, 0.25) is 0 Å². The Kier molecular flexibility index (Phi) is 3.12. The molecule has 3 aliphatic heterocycles. The summed E-state index contributed by atoms with van der Waals surface area (Å²) in [5.74, 6) is -6.54. The molecule has 3 heterocycles. The van der Waals surface area contributed by atoms with E-state index in [-0.39, 0.29) is 0 Å². The highest BCUT2D eigenvalue weighted by Crippen LogP contribution is 2.49. The maximum atomic E-state index is 12.0. The van der Waals surface area contributed by atoms with E-state index >= 15 is 0 Å². The highest BCUT2D eigenvalue weighted by molar-refractivity contribution is 5.84. The summed E-state index contributed by atoms with van der Waals surface area (Å²) >= 11 is 0. The summed E-state index contributed by atoms with van der Waals surface area (Å²) in [4.78, 5) is 23.5. The maximum absolute atomic E-state index is 12.0. The van der Waals surface area contributed by atoms with Gasteiger partial charge in [-0.1, -0.05) is 0 Å². The summed E-state index contributed by atoms with van der Waals surface area (Å²) < 4.78 is 28.0. The van der Waals surface area contributed by atoms with Crippen LogP contribution in [-0.4, -0.2) is 58.8 Å². The lowest BCUT2D eigenvalue weighted by Gasteiger charge is -2.41. The van der Waals surface area contributed by atoms with E-state index in [2.05, 4.69) is 0 Å². The van der Waals surface area contributed by atoms with E-state index in [1.54, 1.807) is 27.7 Å². The van der Waals surface area contributed by atoms with Crippen molar-refractivity contribution in [1.29, 1.82) is 0 Å². The molecule has 0 aliphatic carbocycles. The van der Waals surface area contributed by atoms with Crippen LogP contribution in [0.1, 0.15) is 27.7 Å². The molecule has 1 amide bonds. The Bertz CT molecular complexity index is 532. The average Bonchev–Trinajstić information content (AvgIpc) is 2.80. The van der Waals surface area contributed by atoms with E-state index in [9.17, 15) is 14.7 Å². The highest BCUT2D eigenvalue weighted by Gasteiger charge is 2.71. The summed E-state index contributed by atoms with van der Waals surface area (Å²) in [5, 5.41) is 9.39. The van der Waals surface area contributed by atoms with E-state index in [0.717, 1.165) is 0 Å². The fourth-order valence-electron chi connectivity index (χ4n) is 3.19. The number of hydrogen-bond donors (Lipinski definition) is 2. The monoisotopic (exact) mass is 317 g/mol. The van der Waals surface area contributed by atoms with Gasteiger partial charge in [-0.25, -0.2) is 4.79 Å². The van der Waals surface area contributed by atoms with E-state index in [0.29, 0.717) is 0 Å². The number of rotatable bonds is 2. The summed E-state index contributed by atoms with van der Waals surface area (Å²) in [6.45, 7) is 6.42. The van der Waals surface area contributed by atoms with Gasteiger partial charge in [0.1, 0.15) is 12.2 Å². The number of nitrogens with two attached hydrogens (primary N) is 1. The van der Waals surface area contributed by atoms with Gasteiger partial charge in [-0.3, -0.25) is 4.79 Å². The van der Waals surface area contributed by atoms with E-state index in [1.807, 2.05) is 0 Å². The third-order valence-corrected chi connectivity index (χ3v) is 3.83. The fraction of sp³-hybridized carbons (Fsp3) is 0.846. The van der Waals surface area contributed by atoms with Crippen LogP contribution in [0.4, 0.5) is 0 Å². The minimum Gasteiger partial charge on any atom is -0.479 e. The molecule has 22 heavy (non-hydrogen) atoms. The molecule has 0 aromatic heterocycles. The van der Waals surface area contributed by atoms with Crippen LogP contribution in [0.25, 0.3) is 0 Å². The molecule has 0 spiro atoms. The van der Waals surface area contributed by atoms with Crippen LogP contribution in [0.5, 0.6) is 0 Å². The lowest BCUT2D eigenvalue weighted by molar-refractivity contribution is -0.287. The Labute approximate surface area is 126 Å². The zero-order chi connectivity index (χ0) is 16.5. The molecular weight excluding hydrogens is 298 g/mol. The first-order valence-corrected chi connectivity index (χ1v) is 6.92. The van der Waals surface area contributed by atoms with Gasteiger partial charge in [0, 0.05) is 0 Å². The molecular formula is C13H19NO8. The van der Waals surface area contributed by atoms with E-state index in [1.165, 1.54) is 0 Å². The molecule has 1 unspecified atom stereocenters. The molecule has 5 atom stereocenters. The summed E-state index contributed by atoms with van der Waals surface area (Å²) in [6.07, 6.45) is -4.29. The molecule has 3 rings (SSSR count).